The smallest absolute Gasteiger partial charge is 0.239 e. The van der Waals surface area contributed by atoms with E-state index in [1.807, 2.05) is 0 Å². The molecule has 5 atom stereocenters. The van der Waals surface area contributed by atoms with Crippen molar-refractivity contribution in [3.8, 4) is 45.8 Å². The van der Waals surface area contributed by atoms with E-state index in [1.165, 1.54) is 20.3 Å². The molecule has 0 bridgehead atoms. The molecule has 13 nitrogen and oxygen atoms in total. The van der Waals surface area contributed by atoms with E-state index in [1.54, 1.807) is 0 Å². The van der Waals surface area contributed by atoms with Crippen molar-refractivity contribution in [3.05, 3.63) is 34.5 Å². The second-order valence-corrected chi connectivity index (χ2v) is 7.97. The first kappa shape index (κ1) is 25.3. The summed E-state index contributed by atoms with van der Waals surface area (Å²) in [5.41, 5.74) is -1.13. The minimum Gasteiger partial charge on any atom is -0.508 e. The van der Waals surface area contributed by atoms with Crippen molar-refractivity contribution in [3.63, 3.8) is 0 Å². The Balaban J connectivity index is 1.91. The largest absolute Gasteiger partial charge is 0.508 e. The normalized spacial score (nSPS) is 24.0. The Morgan fingerprint density at radius 3 is 2.25 bits per heavy atom. The summed E-state index contributed by atoms with van der Waals surface area (Å²) in [5.74, 6) is -2.33. The minimum absolute atomic E-state index is 0.0873. The third kappa shape index (κ3) is 4.23. The van der Waals surface area contributed by atoms with Crippen molar-refractivity contribution in [1.82, 2.24) is 0 Å². The predicted molar refractivity (Wildman–Crippen MR) is 120 cm³/mol. The van der Waals surface area contributed by atoms with Gasteiger partial charge in [0.25, 0.3) is 0 Å². The van der Waals surface area contributed by atoms with Crippen molar-refractivity contribution < 1.29 is 59.1 Å². The summed E-state index contributed by atoms with van der Waals surface area (Å²) in [6, 6.07) is 4.31. The number of aromatic hydroxyl groups is 3. The Hall–Kier alpha value is -3.75. The van der Waals surface area contributed by atoms with E-state index >= 15 is 0 Å². The fourth-order valence-corrected chi connectivity index (χ4v) is 3.91. The summed E-state index contributed by atoms with van der Waals surface area (Å²) in [6.45, 7) is -0.697. The zero-order valence-corrected chi connectivity index (χ0v) is 19.0. The lowest BCUT2D eigenvalue weighted by Crippen LogP contribution is -2.60. The molecule has 0 amide bonds. The predicted octanol–water partition coefficient (Wildman–Crippen LogP) is -0.227. The van der Waals surface area contributed by atoms with Crippen LogP contribution in [0.2, 0.25) is 0 Å². The van der Waals surface area contributed by atoms with Crippen LogP contribution in [0.15, 0.2) is 33.5 Å². The van der Waals surface area contributed by atoms with E-state index < -0.39 is 65.7 Å². The van der Waals surface area contributed by atoms with E-state index in [9.17, 15) is 40.5 Å². The number of aliphatic hydroxyl groups excluding tert-OH is 4. The van der Waals surface area contributed by atoms with Crippen molar-refractivity contribution >= 4 is 11.0 Å². The number of fused-ring (bicyclic) bond motifs is 1. The zero-order valence-electron chi connectivity index (χ0n) is 19.0. The maximum absolute atomic E-state index is 13.1. The zero-order chi connectivity index (χ0) is 26.3. The number of rotatable bonds is 6. The Kier molecular flexibility index (Phi) is 6.84. The SMILES string of the molecule is COc1cc(OC2OC(CO)C(O)C(O)C2O)c(-c2oc3cc(O)cc(O)c3c(=O)c2OC)cc1O. The first-order chi connectivity index (χ1) is 17.1. The molecule has 2 heterocycles. The van der Waals surface area contributed by atoms with Crippen LogP contribution >= 0.6 is 0 Å². The fourth-order valence-electron chi connectivity index (χ4n) is 3.91. The third-order valence-corrected chi connectivity index (χ3v) is 5.74. The highest BCUT2D eigenvalue weighted by atomic mass is 16.7. The van der Waals surface area contributed by atoms with Crippen molar-refractivity contribution in [2.45, 2.75) is 30.7 Å². The second-order valence-electron chi connectivity index (χ2n) is 7.97. The molecule has 1 aliphatic heterocycles. The summed E-state index contributed by atoms with van der Waals surface area (Å²) < 4.78 is 27.2. The maximum atomic E-state index is 13.1. The Morgan fingerprint density at radius 2 is 1.61 bits per heavy atom. The Bertz CT molecular complexity index is 1330. The average Bonchev–Trinajstić information content (AvgIpc) is 2.84. The summed E-state index contributed by atoms with van der Waals surface area (Å²) in [4.78, 5) is 13.1. The van der Waals surface area contributed by atoms with Crippen LogP contribution in [-0.4, -0.2) is 87.3 Å². The third-order valence-electron chi connectivity index (χ3n) is 5.74. The van der Waals surface area contributed by atoms with Gasteiger partial charge in [-0.1, -0.05) is 0 Å². The molecule has 7 N–H and O–H groups in total. The standard InChI is InChI=1S/C23H24O13/c1-32-13-6-12(35-23-20(31)19(30)17(28)15(7-24)36-23)9(5-10(13)26)21-22(33-2)18(29)16-11(27)3-8(25)4-14(16)34-21/h3-6,15,17,19-20,23-28,30-31H,7H2,1-2H3. The van der Waals surface area contributed by atoms with E-state index in [-0.39, 0.29) is 33.8 Å². The number of aliphatic hydroxyl groups is 4. The Labute approximate surface area is 202 Å². The van der Waals surface area contributed by atoms with Crippen LogP contribution in [0.5, 0.6) is 34.5 Å². The van der Waals surface area contributed by atoms with Gasteiger partial charge < -0.3 is 59.1 Å². The molecule has 0 aliphatic carbocycles. The molecule has 3 aromatic rings. The van der Waals surface area contributed by atoms with E-state index in [4.69, 9.17) is 23.4 Å². The molecule has 1 aliphatic rings. The molecule has 1 saturated heterocycles. The molecule has 0 radical (unpaired) electrons. The average molecular weight is 508 g/mol. The topological polar surface area (TPSA) is 209 Å². The van der Waals surface area contributed by atoms with Crippen molar-refractivity contribution in [1.29, 1.82) is 0 Å². The van der Waals surface area contributed by atoms with Gasteiger partial charge >= 0.3 is 0 Å². The van der Waals surface area contributed by atoms with Gasteiger partial charge in [0.2, 0.25) is 17.5 Å². The van der Waals surface area contributed by atoms with Gasteiger partial charge in [0.05, 0.1) is 26.4 Å². The van der Waals surface area contributed by atoms with Gasteiger partial charge in [-0.3, -0.25) is 4.79 Å². The molecule has 194 valence electrons. The van der Waals surface area contributed by atoms with Crippen molar-refractivity contribution in [2.24, 2.45) is 0 Å². The fraction of sp³-hybridized carbons (Fsp3) is 0.348. The molecular formula is C23H24O13. The highest BCUT2D eigenvalue weighted by Crippen LogP contribution is 2.44. The van der Waals surface area contributed by atoms with E-state index in [2.05, 4.69) is 0 Å². The molecule has 13 heteroatoms. The van der Waals surface area contributed by atoms with Crippen LogP contribution in [-0.2, 0) is 4.74 Å². The number of hydrogen-bond acceptors (Lipinski definition) is 13. The molecule has 1 fully saturated rings. The molecule has 0 saturated carbocycles. The lowest BCUT2D eigenvalue weighted by molar-refractivity contribution is -0.277. The molecule has 36 heavy (non-hydrogen) atoms. The van der Waals surface area contributed by atoms with Gasteiger partial charge in [0.15, 0.2) is 17.3 Å². The molecule has 1 aromatic heterocycles. The Morgan fingerprint density at radius 1 is 0.889 bits per heavy atom. The first-order valence-electron chi connectivity index (χ1n) is 10.6. The van der Waals surface area contributed by atoms with E-state index in [0.29, 0.717) is 0 Å². The monoisotopic (exact) mass is 508 g/mol. The van der Waals surface area contributed by atoms with Gasteiger partial charge in [0.1, 0.15) is 52.6 Å². The second kappa shape index (κ2) is 9.72. The number of methoxy groups -OCH3 is 2. The number of phenolic OH excluding ortho intramolecular Hbond substituents is 3. The number of benzene rings is 2. The van der Waals surface area contributed by atoms with Crippen LogP contribution in [0.4, 0.5) is 0 Å². The summed E-state index contributed by atoms with van der Waals surface area (Å²) in [7, 11) is 2.43. The molecule has 0 spiro atoms. The van der Waals surface area contributed by atoms with Crippen molar-refractivity contribution in [2.75, 3.05) is 20.8 Å². The summed E-state index contributed by atoms with van der Waals surface area (Å²) >= 11 is 0. The first-order valence-corrected chi connectivity index (χ1v) is 10.6. The summed E-state index contributed by atoms with van der Waals surface area (Å²) in [5, 5.41) is 70.1. The number of hydrogen-bond donors (Lipinski definition) is 7. The molecular weight excluding hydrogens is 484 g/mol. The minimum atomic E-state index is -1.77. The number of ether oxygens (including phenoxy) is 4. The van der Waals surface area contributed by atoms with Crippen LogP contribution in [0.3, 0.4) is 0 Å². The van der Waals surface area contributed by atoms with Crippen LogP contribution in [0, 0.1) is 0 Å². The molecule has 2 aromatic carbocycles. The lowest BCUT2D eigenvalue weighted by Gasteiger charge is -2.39. The lowest BCUT2D eigenvalue weighted by atomic mass is 9.99. The van der Waals surface area contributed by atoms with Gasteiger partial charge in [-0.25, -0.2) is 0 Å². The molecule has 5 unspecified atom stereocenters. The van der Waals surface area contributed by atoms with E-state index in [0.717, 1.165) is 18.2 Å². The van der Waals surface area contributed by atoms with Crippen LogP contribution in [0.1, 0.15) is 0 Å². The van der Waals surface area contributed by atoms with Gasteiger partial charge in [-0.05, 0) is 6.07 Å². The molecule has 4 rings (SSSR count). The van der Waals surface area contributed by atoms with Crippen LogP contribution in [0.25, 0.3) is 22.3 Å². The quantitative estimate of drug-likeness (QED) is 0.230. The highest BCUT2D eigenvalue weighted by Gasteiger charge is 2.45. The van der Waals surface area contributed by atoms with Gasteiger partial charge in [-0.15, -0.1) is 0 Å². The maximum Gasteiger partial charge on any atom is 0.239 e. The van der Waals surface area contributed by atoms with Gasteiger partial charge in [-0.2, -0.15) is 0 Å². The number of phenols is 3. The summed E-state index contributed by atoms with van der Waals surface area (Å²) in [6.07, 6.45) is -8.02. The highest BCUT2D eigenvalue weighted by molar-refractivity contribution is 5.89. The van der Waals surface area contributed by atoms with Gasteiger partial charge in [0, 0.05) is 18.2 Å². The van der Waals surface area contributed by atoms with Crippen LogP contribution < -0.4 is 19.6 Å².